The Kier molecular flexibility index (Phi) is 5.99. The second-order valence-corrected chi connectivity index (χ2v) is 8.73. The Labute approximate surface area is 188 Å². The number of carbonyl (C=O) groups is 1. The highest BCUT2D eigenvalue weighted by Crippen LogP contribution is 2.49. The third-order valence-electron chi connectivity index (χ3n) is 4.50. The number of nitrogens with one attached hydrogen (secondary N) is 2. The van der Waals surface area contributed by atoms with Crippen LogP contribution in [-0.4, -0.2) is 20.9 Å². The second kappa shape index (κ2) is 8.68. The number of carbonyl (C=O) groups excluding carboxylic acids is 1. The molecule has 1 aromatic carbocycles. The van der Waals surface area contributed by atoms with Crippen LogP contribution in [0.4, 0.5) is 5.82 Å². The molecule has 0 saturated carbocycles. The molecular formula is C22H18Cl2N4OS. The van der Waals surface area contributed by atoms with Crippen LogP contribution in [0.5, 0.6) is 0 Å². The molecule has 0 unspecified atom stereocenters. The van der Waals surface area contributed by atoms with E-state index in [1.165, 1.54) is 6.92 Å². The lowest BCUT2D eigenvalue weighted by Crippen LogP contribution is -2.07. The number of rotatable bonds is 4. The molecule has 0 saturated heterocycles. The minimum absolute atomic E-state index is 0.156. The van der Waals surface area contributed by atoms with E-state index in [-0.39, 0.29) is 5.91 Å². The van der Waals surface area contributed by atoms with Gasteiger partial charge < -0.3 is 10.3 Å². The fourth-order valence-corrected chi connectivity index (χ4v) is 4.87. The quantitative estimate of drug-likeness (QED) is 0.474. The molecule has 0 radical (unpaired) electrons. The monoisotopic (exact) mass is 456 g/mol. The number of halogens is 2. The van der Waals surface area contributed by atoms with Crippen LogP contribution in [0.15, 0.2) is 48.8 Å². The Hall–Kier alpha value is -2.54. The highest BCUT2D eigenvalue weighted by atomic mass is 35.5. The summed E-state index contributed by atoms with van der Waals surface area (Å²) in [6.45, 7) is 3.43. The Balaban J connectivity index is 1.75. The van der Waals surface area contributed by atoms with Crippen molar-refractivity contribution in [1.82, 2.24) is 15.0 Å². The van der Waals surface area contributed by atoms with Crippen LogP contribution >= 0.6 is 35.0 Å². The Morgan fingerprint density at radius 3 is 2.73 bits per heavy atom. The predicted octanol–water partition coefficient (Wildman–Crippen LogP) is 6.42. The summed E-state index contributed by atoms with van der Waals surface area (Å²) < 4.78 is 0. The number of benzene rings is 1. The topological polar surface area (TPSA) is 70.7 Å². The fourth-order valence-electron chi connectivity index (χ4n) is 3.20. The maximum Gasteiger partial charge on any atom is 0.222 e. The van der Waals surface area contributed by atoms with E-state index in [0.717, 1.165) is 38.0 Å². The van der Waals surface area contributed by atoms with Crippen LogP contribution < -0.4 is 5.32 Å². The number of imidazole rings is 1. The van der Waals surface area contributed by atoms with Gasteiger partial charge in [0.05, 0.1) is 4.91 Å². The highest BCUT2D eigenvalue weighted by Gasteiger charge is 2.23. The van der Waals surface area contributed by atoms with Gasteiger partial charge in [0.1, 0.15) is 11.6 Å². The van der Waals surface area contributed by atoms with Crippen molar-refractivity contribution in [3.05, 3.63) is 81.5 Å². The first-order valence-corrected chi connectivity index (χ1v) is 10.8. The van der Waals surface area contributed by atoms with Crippen molar-refractivity contribution in [3.63, 3.8) is 0 Å². The molecule has 0 atom stereocenters. The van der Waals surface area contributed by atoms with Crippen LogP contribution in [-0.2, 0) is 4.79 Å². The molecule has 1 amide bonds. The minimum atomic E-state index is -0.156. The van der Waals surface area contributed by atoms with E-state index in [9.17, 15) is 4.79 Å². The lowest BCUT2D eigenvalue weighted by molar-refractivity contribution is -0.114. The van der Waals surface area contributed by atoms with E-state index >= 15 is 0 Å². The van der Waals surface area contributed by atoms with E-state index in [1.54, 1.807) is 24.0 Å². The van der Waals surface area contributed by atoms with Crippen molar-refractivity contribution in [2.45, 2.75) is 20.3 Å². The molecule has 3 aromatic rings. The molecule has 4 rings (SSSR count). The summed E-state index contributed by atoms with van der Waals surface area (Å²) in [5.41, 5.74) is 3.96. The normalized spacial score (nSPS) is 13.9. The predicted molar refractivity (Wildman–Crippen MR) is 125 cm³/mol. The van der Waals surface area contributed by atoms with Crippen molar-refractivity contribution >= 4 is 62.1 Å². The first-order valence-electron chi connectivity index (χ1n) is 9.23. The minimum Gasteiger partial charge on any atom is -0.342 e. The summed E-state index contributed by atoms with van der Waals surface area (Å²) in [5, 5.41) is 3.93. The van der Waals surface area contributed by atoms with Gasteiger partial charge in [-0.3, -0.25) is 4.79 Å². The van der Waals surface area contributed by atoms with Crippen molar-refractivity contribution in [1.29, 1.82) is 0 Å². The Morgan fingerprint density at radius 1 is 1.20 bits per heavy atom. The summed E-state index contributed by atoms with van der Waals surface area (Å²) in [5.74, 6) is 1.16. The van der Waals surface area contributed by atoms with Crippen LogP contribution in [0.2, 0.25) is 10.0 Å². The van der Waals surface area contributed by atoms with Crippen molar-refractivity contribution in [3.8, 4) is 0 Å². The van der Waals surface area contributed by atoms with E-state index in [4.69, 9.17) is 23.2 Å². The number of nitrogens with zero attached hydrogens (tertiary/aromatic N) is 2. The standard InChI is InChI=1S/C22H18Cl2N4OS/c1-12-11-26-22(27-12)21-17(16-4-3-15(23)10-18(16)24)5-6-19(30-21)14-7-8-25-20(9-14)28-13(2)29/h3-4,6-11H,5H2,1-2H3,(H,26,27)(H,25,28,29). The Bertz CT molecular complexity index is 1200. The van der Waals surface area contributed by atoms with Gasteiger partial charge in [-0.2, -0.15) is 0 Å². The van der Waals surface area contributed by atoms with Gasteiger partial charge in [0, 0.05) is 40.0 Å². The van der Waals surface area contributed by atoms with Gasteiger partial charge in [-0.1, -0.05) is 47.1 Å². The molecule has 0 bridgehead atoms. The van der Waals surface area contributed by atoms with Gasteiger partial charge in [0.15, 0.2) is 0 Å². The van der Waals surface area contributed by atoms with E-state index in [2.05, 4.69) is 26.3 Å². The van der Waals surface area contributed by atoms with E-state index < -0.39 is 0 Å². The summed E-state index contributed by atoms with van der Waals surface area (Å²) in [6, 6.07) is 9.33. The van der Waals surface area contributed by atoms with Crippen molar-refractivity contribution in [2.75, 3.05) is 5.32 Å². The summed E-state index contributed by atoms with van der Waals surface area (Å²) in [6.07, 6.45) is 6.32. The number of aryl methyl sites for hydroxylation is 1. The molecule has 152 valence electrons. The maximum atomic E-state index is 11.4. The fraction of sp³-hybridized carbons (Fsp3) is 0.136. The number of anilines is 1. The number of allylic oxidation sites excluding steroid dienone is 2. The van der Waals surface area contributed by atoms with Crippen molar-refractivity contribution < 1.29 is 4.79 Å². The molecule has 2 aromatic heterocycles. The van der Waals surface area contributed by atoms with E-state index in [0.29, 0.717) is 22.3 Å². The van der Waals surface area contributed by atoms with Gasteiger partial charge in [-0.25, -0.2) is 9.97 Å². The lowest BCUT2D eigenvalue weighted by atomic mass is 10.0. The van der Waals surface area contributed by atoms with Crippen molar-refractivity contribution in [2.24, 2.45) is 0 Å². The molecule has 2 N–H and O–H groups in total. The molecule has 0 fully saturated rings. The van der Waals surface area contributed by atoms with Crippen LogP contribution in [0, 0.1) is 6.92 Å². The number of H-pyrrole nitrogens is 1. The van der Waals surface area contributed by atoms with E-state index in [1.807, 2.05) is 37.4 Å². The number of amides is 1. The SMILES string of the molecule is CC(=O)Nc1cc(C2=CCC(c3ccc(Cl)cc3Cl)=C(c3ncc(C)[nH]3)S2)ccn1. The average molecular weight is 457 g/mol. The molecule has 0 aliphatic carbocycles. The maximum absolute atomic E-state index is 11.4. The summed E-state index contributed by atoms with van der Waals surface area (Å²) in [4.78, 5) is 25.5. The van der Waals surface area contributed by atoms with Crippen LogP contribution in [0.25, 0.3) is 15.4 Å². The molecule has 3 heterocycles. The summed E-state index contributed by atoms with van der Waals surface area (Å²) in [7, 11) is 0. The van der Waals surface area contributed by atoms with Crippen LogP contribution in [0.3, 0.4) is 0 Å². The first-order chi connectivity index (χ1) is 14.4. The second-order valence-electron chi connectivity index (χ2n) is 6.83. The zero-order valence-corrected chi connectivity index (χ0v) is 18.6. The van der Waals surface area contributed by atoms with Gasteiger partial charge in [0.25, 0.3) is 0 Å². The number of thioether (sulfide) groups is 1. The number of aromatic amines is 1. The summed E-state index contributed by atoms with van der Waals surface area (Å²) >= 11 is 14.2. The molecule has 1 aliphatic rings. The lowest BCUT2D eigenvalue weighted by Gasteiger charge is -2.21. The third kappa shape index (κ3) is 4.46. The number of pyridine rings is 1. The molecule has 5 nitrogen and oxygen atoms in total. The molecule has 0 spiro atoms. The van der Waals surface area contributed by atoms with Gasteiger partial charge >= 0.3 is 0 Å². The van der Waals surface area contributed by atoms with Gasteiger partial charge in [0.2, 0.25) is 5.91 Å². The number of aromatic nitrogens is 3. The first kappa shape index (κ1) is 20.7. The smallest absolute Gasteiger partial charge is 0.222 e. The molecule has 30 heavy (non-hydrogen) atoms. The third-order valence-corrected chi connectivity index (χ3v) is 6.31. The van der Waals surface area contributed by atoms with Gasteiger partial charge in [-0.15, -0.1) is 0 Å². The zero-order chi connectivity index (χ0) is 21.3. The highest BCUT2D eigenvalue weighted by molar-refractivity contribution is 8.16. The largest absolute Gasteiger partial charge is 0.342 e. The number of hydrogen-bond acceptors (Lipinski definition) is 4. The average Bonchev–Trinajstić information content (AvgIpc) is 3.14. The Morgan fingerprint density at radius 2 is 2.03 bits per heavy atom. The van der Waals surface area contributed by atoms with Gasteiger partial charge in [-0.05, 0) is 54.3 Å². The molecule has 1 aliphatic heterocycles. The molecular weight excluding hydrogens is 439 g/mol. The van der Waals surface area contributed by atoms with Crippen LogP contribution in [0.1, 0.15) is 36.0 Å². The number of hydrogen-bond donors (Lipinski definition) is 2. The zero-order valence-electron chi connectivity index (χ0n) is 16.3. The molecule has 8 heteroatoms.